The third-order valence-corrected chi connectivity index (χ3v) is 9.24. The normalized spacial score (nSPS) is 10.9. The van der Waals surface area contributed by atoms with Gasteiger partial charge >= 0.3 is 0 Å². The van der Waals surface area contributed by atoms with E-state index in [1.807, 2.05) is 62.4 Å². The van der Waals surface area contributed by atoms with Gasteiger partial charge < -0.3 is 40.6 Å². The Morgan fingerprint density at radius 3 is 1.41 bits per heavy atom. The number of amides is 3. The van der Waals surface area contributed by atoms with Crippen molar-refractivity contribution in [1.82, 2.24) is 10.3 Å². The average molecular weight is 762 g/mol. The molecular formula is C44H51N5O7. The molecule has 0 radical (unpaired) electrons. The number of hydrogen-bond acceptors (Lipinski definition) is 9. The zero-order chi connectivity index (χ0) is 40.9. The second-order valence-electron chi connectivity index (χ2n) is 14.1. The van der Waals surface area contributed by atoms with E-state index < -0.39 is 0 Å². The number of nitrogens with one attached hydrogen (secondary N) is 3. The summed E-state index contributed by atoms with van der Waals surface area (Å²) in [6.45, 7) is 9.27. The van der Waals surface area contributed by atoms with Gasteiger partial charge in [0, 0.05) is 52.6 Å². The van der Waals surface area contributed by atoms with E-state index in [2.05, 4.69) is 34.8 Å². The molecule has 12 nitrogen and oxygen atoms in total. The molecule has 1 aromatic heterocycles. The van der Waals surface area contributed by atoms with E-state index in [0.717, 1.165) is 16.8 Å². The molecule has 1 heterocycles. The lowest BCUT2D eigenvalue weighted by Gasteiger charge is -2.26. The zero-order valence-corrected chi connectivity index (χ0v) is 33.2. The van der Waals surface area contributed by atoms with Crippen LogP contribution in [-0.4, -0.2) is 64.2 Å². The quantitative estimate of drug-likeness (QED) is 0.0913. The minimum absolute atomic E-state index is 0.0914. The van der Waals surface area contributed by atoms with Crippen molar-refractivity contribution in [2.24, 2.45) is 5.73 Å². The maximum atomic E-state index is 12.6. The van der Waals surface area contributed by atoms with Gasteiger partial charge in [-0.1, -0.05) is 58.0 Å². The van der Waals surface area contributed by atoms with Crippen LogP contribution in [0.5, 0.6) is 23.0 Å². The fourth-order valence-corrected chi connectivity index (χ4v) is 5.48. The van der Waals surface area contributed by atoms with E-state index >= 15 is 0 Å². The Balaban J connectivity index is 0.000000259. The third kappa shape index (κ3) is 11.1. The summed E-state index contributed by atoms with van der Waals surface area (Å²) in [5.41, 5.74) is 10.3. The molecular weight excluding hydrogens is 711 g/mol. The van der Waals surface area contributed by atoms with Crippen LogP contribution in [0.3, 0.4) is 0 Å². The second-order valence-corrected chi connectivity index (χ2v) is 14.1. The largest absolute Gasteiger partial charge is 0.493 e. The number of benzene rings is 4. The summed E-state index contributed by atoms with van der Waals surface area (Å²) in [6.07, 6.45) is 1.59. The van der Waals surface area contributed by atoms with Crippen molar-refractivity contribution < 1.29 is 33.3 Å². The van der Waals surface area contributed by atoms with E-state index in [0.29, 0.717) is 58.6 Å². The molecule has 0 saturated heterocycles. The molecule has 0 unspecified atom stereocenters. The van der Waals surface area contributed by atoms with Gasteiger partial charge in [-0.25, -0.2) is 0 Å². The molecule has 294 valence electrons. The van der Waals surface area contributed by atoms with Crippen molar-refractivity contribution in [1.29, 1.82) is 0 Å². The highest BCUT2D eigenvalue weighted by Gasteiger charge is 2.23. The van der Waals surface area contributed by atoms with Gasteiger partial charge in [-0.15, -0.1) is 0 Å². The van der Waals surface area contributed by atoms with Crippen LogP contribution < -0.4 is 40.6 Å². The molecule has 5 aromatic rings. The van der Waals surface area contributed by atoms with Gasteiger partial charge in [0.05, 0.1) is 28.4 Å². The first-order valence-corrected chi connectivity index (χ1v) is 17.9. The Morgan fingerprint density at radius 2 is 1.02 bits per heavy atom. The van der Waals surface area contributed by atoms with E-state index in [4.69, 9.17) is 24.7 Å². The summed E-state index contributed by atoms with van der Waals surface area (Å²) in [5.74, 6) is 1.49. The molecule has 0 atom stereocenters. The molecule has 0 aliphatic heterocycles. The molecule has 0 aliphatic carbocycles. The number of nitrogens with zero attached hydrogens (tertiary/aromatic N) is 1. The number of aromatic nitrogens is 1. The van der Waals surface area contributed by atoms with Gasteiger partial charge in [-0.2, -0.15) is 0 Å². The fraction of sp³-hybridized carbons (Fsp3) is 0.273. The lowest BCUT2D eigenvalue weighted by molar-refractivity contribution is 0.0939. The first-order valence-electron chi connectivity index (χ1n) is 17.9. The summed E-state index contributed by atoms with van der Waals surface area (Å²) in [4.78, 5) is 41.4. The van der Waals surface area contributed by atoms with E-state index in [1.165, 1.54) is 14.2 Å². The monoisotopic (exact) mass is 761 g/mol. The molecule has 12 heteroatoms. The number of nitrogens with two attached hydrogens (primary N) is 1. The third-order valence-electron chi connectivity index (χ3n) is 9.24. The zero-order valence-electron chi connectivity index (χ0n) is 33.2. The SMILES string of the molecule is COc1ccc(C(=O)Nc2ccc(C(C)(C)CN)cc2)cc1OC.COc1ccc(C(=O)Nc2ccc(C(C)(C)CNC(=O)c3ccccn3)cc2)cc1OC. The molecule has 0 saturated carbocycles. The highest BCUT2D eigenvalue weighted by Crippen LogP contribution is 2.30. The molecule has 4 aromatic carbocycles. The maximum absolute atomic E-state index is 12.6. The lowest BCUT2D eigenvalue weighted by Crippen LogP contribution is -2.37. The number of carbonyl (C=O) groups excluding carboxylic acids is 3. The van der Waals surface area contributed by atoms with Crippen molar-refractivity contribution in [2.45, 2.75) is 38.5 Å². The van der Waals surface area contributed by atoms with Crippen LogP contribution in [0.4, 0.5) is 11.4 Å². The van der Waals surface area contributed by atoms with Crippen LogP contribution >= 0.6 is 0 Å². The number of methoxy groups -OCH3 is 4. The minimum Gasteiger partial charge on any atom is -0.493 e. The van der Waals surface area contributed by atoms with Crippen molar-refractivity contribution in [3.63, 3.8) is 0 Å². The molecule has 3 amide bonds. The number of hydrogen-bond donors (Lipinski definition) is 4. The number of anilines is 2. The van der Waals surface area contributed by atoms with Crippen molar-refractivity contribution >= 4 is 29.1 Å². The van der Waals surface area contributed by atoms with Crippen LogP contribution in [-0.2, 0) is 10.8 Å². The standard InChI is InChI=1S/C25H27N3O4.C19H24N2O3/c1-25(2,16-27-24(30)20-7-5-6-14-26-20)18-9-11-19(12-10-18)28-23(29)17-8-13-21(31-3)22(15-17)32-4;1-19(2,12-20)14-6-8-15(9-7-14)21-18(22)13-5-10-16(23-3)17(11-13)24-4/h5-15H,16H2,1-4H3,(H,27,30)(H,28,29);5-11H,12,20H2,1-4H3,(H,21,22). The summed E-state index contributed by atoms with van der Waals surface area (Å²) < 4.78 is 20.9. The van der Waals surface area contributed by atoms with Gasteiger partial charge in [0.15, 0.2) is 23.0 Å². The molecule has 0 fully saturated rings. The lowest BCUT2D eigenvalue weighted by atomic mass is 9.84. The number of pyridine rings is 1. The van der Waals surface area contributed by atoms with Crippen LogP contribution in [0.1, 0.15) is 70.0 Å². The predicted molar refractivity (Wildman–Crippen MR) is 220 cm³/mol. The van der Waals surface area contributed by atoms with Gasteiger partial charge in [0.1, 0.15) is 5.69 Å². The van der Waals surface area contributed by atoms with Gasteiger partial charge in [-0.05, 0) is 83.9 Å². The minimum atomic E-state index is -0.309. The Bertz CT molecular complexity index is 2080. The molecule has 0 bridgehead atoms. The number of carbonyl (C=O) groups is 3. The summed E-state index contributed by atoms with van der Waals surface area (Å²) in [5, 5.41) is 8.69. The number of ether oxygens (including phenoxy) is 4. The van der Waals surface area contributed by atoms with E-state index in [9.17, 15) is 14.4 Å². The Hall–Kier alpha value is -6.40. The average Bonchev–Trinajstić information content (AvgIpc) is 3.23. The summed E-state index contributed by atoms with van der Waals surface area (Å²) in [7, 11) is 6.17. The van der Waals surface area contributed by atoms with Crippen LogP contribution in [0.2, 0.25) is 0 Å². The highest BCUT2D eigenvalue weighted by molar-refractivity contribution is 6.05. The molecule has 0 spiro atoms. The van der Waals surface area contributed by atoms with Gasteiger partial charge in [0.2, 0.25) is 0 Å². The molecule has 0 aliphatic rings. The molecule has 56 heavy (non-hydrogen) atoms. The number of rotatable bonds is 14. The van der Waals surface area contributed by atoms with Crippen LogP contribution in [0.15, 0.2) is 109 Å². The van der Waals surface area contributed by atoms with Gasteiger partial charge in [-0.3, -0.25) is 19.4 Å². The highest BCUT2D eigenvalue weighted by atomic mass is 16.5. The first-order chi connectivity index (χ1) is 26.7. The van der Waals surface area contributed by atoms with Crippen molar-refractivity contribution in [2.75, 3.05) is 52.2 Å². The first kappa shape index (κ1) is 42.3. The molecule has 5 N–H and O–H groups in total. The van der Waals surface area contributed by atoms with E-state index in [1.54, 1.807) is 75.0 Å². The predicted octanol–water partition coefficient (Wildman–Crippen LogP) is 7.25. The van der Waals surface area contributed by atoms with Crippen LogP contribution in [0, 0.1) is 0 Å². The Labute approximate surface area is 328 Å². The second kappa shape index (κ2) is 19.3. The van der Waals surface area contributed by atoms with Crippen molar-refractivity contribution in [3.8, 4) is 23.0 Å². The molecule has 5 rings (SSSR count). The smallest absolute Gasteiger partial charge is 0.269 e. The van der Waals surface area contributed by atoms with Crippen LogP contribution in [0.25, 0.3) is 0 Å². The van der Waals surface area contributed by atoms with E-state index in [-0.39, 0.29) is 28.6 Å². The Morgan fingerprint density at radius 1 is 0.571 bits per heavy atom. The van der Waals surface area contributed by atoms with Crippen molar-refractivity contribution in [3.05, 3.63) is 137 Å². The van der Waals surface area contributed by atoms with Gasteiger partial charge in [0.25, 0.3) is 17.7 Å². The Kier molecular flexibility index (Phi) is 14.6. The maximum Gasteiger partial charge on any atom is 0.269 e. The fourth-order valence-electron chi connectivity index (χ4n) is 5.48. The summed E-state index contributed by atoms with van der Waals surface area (Å²) >= 11 is 0. The topological polar surface area (TPSA) is 163 Å². The summed E-state index contributed by atoms with van der Waals surface area (Å²) in [6, 6.07) is 30.6.